The van der Waals surface area contributed by atoms with Crippen LogP contribution in [-0.4, -0.2) is 47.6 Å². The molecule has 2 rings (SSSR count). The molecule has 1 heterocycles. The zero-order chi connectivity index (χ0) is 16.4. The molecule has 0 atom stereocenters. The lowest BCUT2D eigenvalue weighted by atomic mass is 10.2. The number of anilines is 1. The summed E-state index contributed by atoms with van der Waals surface area (Å²) in [6, 6.07) is 4.17. The van der Waals surface area contributed by atoms with Gasteiger partial charge in [0, 0.05) is 13.1 Å². The highest BCUT2D eigenvalue weighted by Gasteiger charge is 2.27. The molecule has 1 saturated heterocycles. The number of rotatable bonds is 5. The number of hydrogen-bond donors (Lipinski definition) is 1. The number of sulfonamides is 2. The fourth-order valence-corrected chi connectivity index (χ4v) is 4.48. The molecular formula is C13H20N2O5S2. The second-order valence-electron chi connectivity index (χ2n) is 5.20. The summed E-state index contributed by atoms with van der Waals surface area (Å²) >= 11 is 0. The number of piperidine rings is 1. The Labute approximate surface area is 131 Å². The van der Waals surface area contributed by atoms with E-state index in [1.165, 1.54) is 29.6 Å². The first kappa shape index (κ1) is 17.0. The zero-order valence-electron chi connectivity index (χ0n) is 12.6. The van der Waals surface area contributed by atoms with Gasteiger partial charge in [0.05, 0.1) is 23.9 Å². The van der Waals surface area contributed by atoms with Gasteiger partial charge in [-0.1, -0.05) is 6.42 Å². The summed E-state index contributed by atoms with van der Waals surface area (Å²) in [6.45, 7) is 0.979. The van der Waals surface area contributed by atoms with Crippen LogP contribution >= 0.6 is 0 Å². The third-order valence-electron chi connectivity index (χ3n) is 3.42. The first-order valence-corrected chi connectivity index (χ1v) is 10.2. The minimum Gasteiger partial charge on any atom is -0.495 e. The maximum atomic E-state index is 12.6. The number of methoxy groups -OCH3 is 1. The van der Waals surface area contributed by atoms with Crippen molar-refractivity contribution in [2.45, 2.75) is 24.2 Å². The smallest absolute Gasteiger partial charge is 0.243 e. The predicted octanol–water partition coefficient (Wildman–Crippen LogP) is 1.24. The van der Waals surface area contributed by atoms with Crippen molar-refractivity contribution in [3.05, 3.63) is 18.2 Å². The lowest BCUT2D eigenvalue weighted by molar-refractivity contribution is 0.346. The molecule has 1 fully saturated rings. The summed E-state index contributed by atoms with van der Waals surface area (Å²) in [5.74, 6) is 0.267. The maximum absolute atomic E-state index is 12.6. The highest BCUT2D eigenvalue weighted by atomic mass is 32.2. The predicted molar refractivity (Wildman–Crippen MR) is 84.1 cm³/mol. The molecule has 1 aromatic rings. The molecule has 0 radical (unpaired) electrons. The van der Waals surface area contributed by atoms with E-state index in [9.17, 15) is 16.8 Å². The molecule has 0 bridgehead atoms. The molecule has 1 aliphatic heterocycles. The van der Waals surface area contributed by atoms with Crippen molar-refractivity contribution >= 4 is 25.7 Å². The van der Waals surface area contributed by atoms with Crippen LogP contribution in [-0.2, 0) is 20.0 Å². The normalized spacial score (nSPS) is 17.2. The van der Waals surface area contributed by atoms with Crippen LogP contribution in [0.2, 0.25) is 0 Å². The van der Waals surface area contributed by atoms with E-state index in [1.807, 2.05) is 0 Å². The van der Waals surface area contributed by atoms with Gasteiger partial charge in [0.25, 0.3) is 0 Å². The molecule has 1 aliphatic rings. The van der Waals surface area contributed by atoms with Crippen LogP contribution < -0.4 is 9.46 Å². The average molecular weight is 348 g/mol. The molecule has 0 saturated carbocycles. The number of ether oxygens (including phenoxy) is 1. The molecule has 0 aliphatic carbocycles. The largest absolute Gasteiger partial charge is 0.495 e. The third kappa shape index (κ3) is 3.90. The summed E-state index contributed by atoms with van der Waals surface area (Å²) in [5.41, 5.74) is 0.114. The minimum atomic E-state index is -3.62. The van der Waals surface area contributed by atoms with Gasteiger partial charge in [-0.2, -0.15) is 4.31 Å². The van der Waals surface area contributed by atoms with E-state index in [4.69, 9.17) is 4.74 Å². The van der Waals surface area contributed by atoms with Crippen LogP contribution in [0.4, 0.5) is 5.69 Å². The van der Waals surface area contributed by atoms with Crippen molar-refractivity contribution in [3.8, 4) is 5.75 Å². The van der Waals surface area contributed by atoms with Gasteiger partial charge in [-0.25, -0.2) is 16.8 Å². The van der Waals surface area contributed by atoms with E-state index in [0.29, 0.717) is 13.1 Å². The molecule has 7 nitrogen and oxygen atoms in total. The number of nitrogens with one attached hydrogen (secondary N) is 1. The van der Waals surface area contributed by atoms with Crippen molar-refractivity contribution in [2.75, 3.05) is 31.2 Å². The molecule has 1 aromatic carbocycles. The first-order chi connectivity index (χ1) is 10.2. The molecule has 9 heteroatoms. The number of benzene rings is 1. The lowest BCUT2D eigenvalue weighted by Gasteiger charge is -2.26. The van der Waals surface area contributed by atoms with E-state index in [0.717, 1.165) is 25.5 Å². The van der Waals surface area contributed by atoms with Gasteiger partial charge in [-0.15, -0.1) is 0 Å². The summed E-state index contributed by atoms with van der Waals surface area (Å²) < 4.78 is 56.8. The van der Waals surface area contributed by atoms with Gasteiger partial charge in [-0.05, 0) is 31.0 Å². The average Bonchev–Trinajstić information content (AvgIpc) is 2.46. The molecule has 0 amide bonds. The summed E-state index contributed by atoms with van der Waals surface area (Å²) in [6.07, 6.45) is 3.70. The van der Waals surface area contributed by atoms with Gasteiger partial charge in [0.15, 0.2) is 0 Å². The quantitative estimate of drug-likeness (QED) is 0.864. The van der Waals surface area contributed by atoms with Crippen LogP contribution in [0.15, 0.2) is 23.1 Å². The molecule has 0 unspecified atom stereocenters. The van der Waals surface area contributed by atoms with Gasteiger partial charge >= 0.3 is 0 Å². The maximum Gasteiger partial charge on any atom is 0.243 e. The van der Waals surface area contributed by atoms with Gasteiger partial charge < -0.3 is 4.74 Å². The summed E-state index contributed by atoms with van der Waals surface area (Å²) in [5, 5.41) is 0. The van der Waals surface area contributed by atoms with Crippen LogP contribution in [0.5, 0.6) is 5.75 Å². The minimum absolute atomic E-state index is 0.0568. The second kappa shape index (κ2) is 6.43. The Morgan fingerprint density at radius 1 is 1.09 bits per heavy atom. The van der Waals surface area contributed by atoms with E-state index in [-0.39, 0.29) is 16.3 Å². The Morgan fingerprint density at radius 2 is 1.73 bits per heavy atom. The van der Waals surface area contributed by atoms with Crippen molar-refractivity contribution in [2.24, 2.45) is 0 Å². The van der Waals surface area contributed by atoms with Crippen molar-refractivity contribution in [1.29, 1.82) is 0 Å². The highest BCUT2D eigenvalue weighted by Crippen LogP contribution is 2.30. The van der Waals surface area contributed by atoms with E-state index >= 15 is 0 Å². The number of nitrogens with zero attached hydrogens (tertiary/aromatic N) is 1. The Balaban J connectivity index is 2.41. The van der Waals surface area contributed by atoms with E-state index < -0.39 is 20.0 Å². The van der Waals surface area contributed by atoms with Crippen molar-refractivity contribution in [3.63, 3.8) is 0 Å². The molecule has 0 aromatic heterocycles. The topological polar surface area (TPSA) is 92.8 Å². The Hall–Kier alpha value is -1.32. The fraction of sp³-hybridized carbons (Fsp3) is 0.538. The van der Waals surface area contributed by atoms with Crippen molar-refractivity contribution < 1.29 is 21.6 Å². The van der Waals surface area contributed by atoms with Gasteiger partial charge in [0.1, 0.15) is 5.75 Å². The fourth-order valence-electron chi connectivity index (χ4n) is 2.38. The molecule has 22 heavy (non-hydrogen) atoms. The first-order valence-electron chi connectivity index (χ1n) is 6.90. The number of hydrogen-bond acceptors (Lipinski definition) is 5. The molecular weight excluding hydrogens is 328 g/mol. The van der Waals surface area contributed by atoms with Crippen LogP contribution in [0.1, 0.15) is 19.3 Å². The Morgan fingerprint density at radius 3 is 2.27 bits per heavy atom. The zero-order valence-corrected chi connectivity index (χ0v) is 14.2. The van der Waals surface area contributed by atoms with Crippen LogP contribution in [0.25, 0.3) is 0 Å². The van der Waals surface area contributed by atoms with Gasteiger partial charge in [-0.3, -0.25) is 4.72 Å². The summed E-state index contributed by atoms with van der Waals surface area (Å²) in [7, 11) is -5.77. The second-order valence-corrected chi connectivity index (χ2v) is 8.89. The van der Waals surface area contributed by atoms with E-state index in [2.05, 4.69) is 4.72 Å². The Kier molecular flexibility index (Phi) is 4.98. The van der Waals surface area contributed by atoms with E-state index in [1.54, 1.807) is 0 Å². The SMILES string of the molecule is COc1ccc(S(=O)(=O)N2CCCCC2)cc1NS(C)(=O)=O. The molecule has 0 spiro atoms. The molecule has 1 N–H and O–H groups in total. The standard InChI is InChI=1S/C13H20N2O5S2/c1-20-13-7-6-11(10-12(13)14-21(2,16)17)22(18,19)15-8-4-3-5-9-15/h6-7,10,14H,3-5,8-9H2,1-2H3. The molecule has 124 valence electrons. The van der Waals surface area contributed by atoms with Crippen LogP contribution in [0, 0.1) is 0 Å². The van der Waals surface area contributed by atoms with Gasteiger partial charge in [0.2, 0.25) is 20.0 Å². The van der Waals surface area contributed by atoms with Crippen molar-refractivity contribution in [1.82, 2.24) is 4.31 Å². The summed E-state index contributed by atoms with van der Waals surface area (Å²) in [4.78, 5) is 0.0568. The Bertz CT molecular complexity index is 738. The van der Waals surface area contributed by atoms with Crippen LogP contribution in [0.3, 0.4) is 0 Å². The monoisotopic (exact) mass is 348 g/mol. The lowest BCUT2D eigenvalue weighted by Crippen LogP contribution is -2.35. The third-order valence-corrected chi connectivity index (χ3v) is 5.90. The highest BCUT2D eigenvalue weighted by molar-refractivity contribution is 7.92.